The Morgan fingerprint density at radius 2 is 1.52 bits per heavy atom. The Bertz CT molecular complexity index is 934. The van der Waals surface area contributed by atoms with Crippen LogP contribution in [0.5, 0.6) is 0 Å². The number of carbonyl (C=O) groups is 1. The molecule has 0 fully saturated rings. The summed E-state index contributed by atoms with van der Waals surface area (Å²) in [5.74, 6) is 0.466. The molecule has 3 aromatic rings. The Morgan fingerprint density at radius 1 is 0.926 bits per heavy atom. The van der Waals surface area contributed by atoms with Gasteiger partial charge in [0.25, 0.3) is 5.91 Å². The molecule has 0 saturated carbocycles. The minimum atomic E-state index is -0.298. The fourth-order valence-electron chi connectivity index (χ4n) is 3.21. The molecule has 0 saturated heterocycles. The van der Waals surface area contributed by atoms with Gasteiger partial charge in [0.1, 0.15) is 0 Å². The summed E-state index contributed by atoms with van der Waals surface area (Å²) >= 11 is 0. The average Bonchev–Trinajstić information content (AvgIpc) is 2.87. The minimum absolute atomic E-state index is 0.224. The lowest BCUT2D eigenvalue weighted by Gasteiger charge is -2.31. The standard InChI is InChI=1S/C21H18N4O2/c1-27-17-14-25(21(26)18-20(24-17)23-13-12-22-18)19(15-8-4-2-5-9-15)16-10-6-3-7-11-16/h2-13,19H,14H2,1H3. The summed E-state index contributed by atoms with van der Waals surface area (Å²) in [6, 6.07) is 19.5. The van der Waals surface area contributed by atoms with Gasteiger partial charge in [-0.3, -0.25) is 4.79 Å². The Hall–Kier alpha value is -3.54. The Labute approximate surface area is 157 Å². The molecule has 0 bridgehead atoms. The molecular formula is C21H18N4O2. The van der Waals surface area contributed by atoms with Crippen molar-refractivity contribution in [3.63, 3.8) is 0 Å². The predicted octanol–water partition coefficient (Wildman–Crippen LogP) is 3.40. The molecule has 2 heterocycles. The molecule has 27 heavy (non-hydrogen) atoms. The van der Waals surface area contributed by atoms with Gasteiger partial charge in [-0.1, -0.05) is 60.7 Å². The molecule has 0 atom stereocenters. The average molecular weight is 358 g/mol. The fourth-order valence-corrected chi connectivity index (χ4v) is 3.21. The van der Waals surface area contributed by atoms with Gasteiger partial charge in [0.2, 0.25) is 5.90 Å². The third kappa shape index (κ3) is 3.29. The molecule has 1 aromatic heterocycles. The first-order valence-corrected chi connectivity index (χ1v) is 8.61. The largest absolute Gasteiger partial charge is 0.483 e. The third-order valence-electron chi connectivity index (χ3n) is 4.46. The summed E-state index contributed by atoms with van der Waals surface area (Å²) in [5, 5.41) is 0. The van der Waals surface area contributed by atoms with Crippen LogP contribution in [0.4, 0.5) is 5.82 Å². The van der Waals surface area contributed by atoms with E-state index < -0.39 is 0 Å². The first-order chi connectivity index (χ1) is 13.3. The van der Waals surface area contributed by atoms with E-state index in [0.29, 0.717) is 5.90 Å². The van der Waals surface area contributed by atoms with Crippen molar-refractivity contribution in [1.82, 2.24) is 14.9 Å². The van der Waals surface area contributed by atoms with Gasteiger partial charge in [-0.05, 0) is 11.1 Å². The number of methoxy groups -OCH3 is 1. The summed E-state index contributed by atoms with van der Waals surface area (Å²) in [7, 11) is 1.54. The van der Waals surface area contributed by atoms with Gasteiger partial charge in [0, 0.05) is 12.4 Å². The number of aliphatic imine (C=N–C) groups is 1. The van der Waals surface area contributed by atoms with Gasteiger partial charge >= 0.3 is 0 Å². The van der Waals surface area contributed by atoms with E-state index in [4.69, 9.17) is 4.74 Å². The Balaban J connectivity index is 1.87. The van der Waals surface area contributed by atoms with Gasteiger partial charge in [-0.2, -0.15) is 4.99 Å². The number of hydrogen-bond donors (Lipinski definition) is 0. The van der Waals surface area contributed by atoms with Crippen LogP contribution in [0, 0.1) is 0 Å². The summed E-state index contributed by atoms with van der Waals surface area (Å²) < 4.78 is 5.42. The van der Waals surface area contributed by atoms with Crippen LogP contribution in [0.3, 0.4) is 0 Å². The molecule has 1 amide bonds. The molecule has 6 nitrogen and oxygen atoms in total. The number of fused-ring (bicyclic) bond motifs is 1. The maximum Gasteiger partial charge on any atom is 0.277 e. The van der Waals surface area contributed by atoms with Gasteiger partial charge in [-0.25, -0.2) is 9.97 Å². The third-order valence-corrected chi connectivity index (χ3v) is 4.46. The lowest BCUT2D eigenvalue weighted by molar-refractivity contribution is 0.0724. The van der Waals surface area contributed by atoms with E-state index in [1.165, 1.54) is 12.4 Å². The molecule has 0 unspecified atom stereocenters. The minimum Gasteiger partial charge on any atom is -0.483 e. The molecule has 0 radical (unpaired) electrons. The molecule has 2 aromatic carbocycles. The van der Waals surface area contributed by atoms with Crippen molar-refractivity contribution in [2.45, 2.75) is 6.04 Å². The lowest BCUT2D eigenvalue weighted by Crippen LogP contribution is -2.39. The fraction of sp³-hybridized carbons (Fsp3) is 0.143. The highest BCUT2D eigenvalue weighted by Crippen LogP contribution is 2.32. The second kappa shape index (κ2) is 7.37. The summed E-state index contributed by atoms with van der Waals surface area (Å²) in [4.78, 5) is 27.9. The normalized spacial score (nSPS) is 13.8. The number of carbonyl (C=O) groups excluding carboxylic acids is 1. The number of benzene rings is 2. The predicted molar refractivity (Wildman–Crippen MR) is 102 cm³/mol. The van der Waals surface area contributed by atoms with Crippen molar-refractivity contribution in [1.29, 1.82) is 0 Å². The van der Waals surface area contributed by atoms with Crippen molar-refractivity contribution >= 4 is 17.6 Å². The summed E-state index contributed by atoms with van der Waals surface area (Å²) in [5.41, 5.74) is 2.22. The van der Waals surface area contributed by atoms with Crippen LogP contribution in [0.25, 0.3) is 0 Å². The van der Waals surface area contributed by atoms with E-state index in [-0.39, 0.29) is 30.0 Å². The topological polar surface area (TPSA) is 67.7 Å². The van der Waals surface area contributed by atoms with Crippen LogP contribution in [0.15, 0.2) is 78.0 Å². The highest BCUT2D eigenvalue weighted by Gasteiger charge is 2.33. The van der Waals surface area contributed by atoms with E-state index in [0.717, 1.165) is 11.1 Å². The van der Waals surface area contributed by atoms with Crippen LogP contribution in [-0.4, -0.2) is 40.3 Å². The SMILES string of the molecule is COC1=Nc2nccnc2C(=O)N(C(c2ccccc2)c2ccccc2)C1. The Morgan fingerprint density at radius 3 is 2.11 bits per heavy atom. The molecule has 0 aliphatic carbocycles. The smallest absolute Gasteiger partial charge is 0.277 e. The van der Waals surface area contributed by atoms with Crippen LogP contribution in [0.2, 0.25) is 0 Å². The van der Waals surface area contributed by atoms with Crippen LogP contribution in [-0.2, 0) is 4.74 Å². The van der Waals surface area contributed by atoms with Crippen LogP contribution >= 0.6 is 0 Å². The first kappa shape index (κ1) is 16.9. The van der Waals surface area contributed by atoms with Crippen molar-refractivity contribution in [3.05, 3.63) is 89.9 Å². The molecule has 6 heteroatoms. The van der Waals surface area contributed by atoms with Crippen LogP contribution < -0.4 is 0 Å². The van der Waals surface area contributed by atoms with Gasteiger partial charge < -0.3 is 9.64 Å². The zero-order chi connectivity index (χ0) is 18.6. The molecule has 1 aliphatic heterocycles. The molecule has 0 N–H and O–H groups in total. The van der Waals surface area contributed by atoms with Crippen molar-refractivity contribution in [2.75, 3.05) is 13.7 Å². The maximum absolute atomic E-state index is 13.4. The molecular weight excluding hydrogens is 340 g/mol. The zero-order valence-electron chi connectivity index (χ0n) is 14.8. The van der Waals surface area contributed by atoms with Crippen molar-refractivity contribution in [3.8, 4) is 0 Å². The number of nitrogens with zero attached hydrogens (tertiary/aromatic N) is 4. The number of hydrogen-bond acceptors (Lipinski definition) is 5. The van der Waals surface area contributed by atoms with E-state index in [9.17, 15) is 4.79 Å². The van der Waals surface area contributed by atoms with Gasteiger partial charge in [0.15, 0.2) is 11.5 Å². The van der Waals surface area contributed by atoms with E-state index in [2.05, 4.69) is 15.0 Å². The second-order valence-corrected chi connectivity index (χ2v) is 6.10. The van der Waals surface area contributed by atoms with Crippen molar-refractivity contribution < 1.29 is 9.53 Å². The number of rotatable bonds is 3. The quantitative estimate of drug-likeness (QED) is 0.720. The Kier molecular flexibility index (Phi) is 4.61. The summed E-state index contributed by atoms with van der Waals surface area (Å²) in [6.45, 7) is 0.224. The first-order valence-electron chi connectivity index (χ1n) is 8.61. The van der Waals surface area contributed by atoms with E-state index >= 15 is 0 Å². The summed E-state index contributed by atoms with van der Waals surface area (Å²) in [6.07, 6.45) is 3.02. The van der Waals surface area contributed by atoms with Gasteiger partial charge in [0.05, 0.1) is 19.7 Å². The molecule has 0 spiro atoms. The number of amides is 1. The highest BCUT2D eigenvalue weighted by atomic mass is 16.5. The second-order valence-electron chi connectivity index (χ2n) is 6.10. The lowest BCUT2D eigenvalue weighted by atomic mass is 9.96. The van der Waals surface area contributed by atoms with E-state index in [1.807, 2.05) is 60.7 Å². The number of ether oxygens (including phenoxy) is 1. The monoisotopic (exact) mass is 358 g/mol. The van der Waals surface area contributed by atoms with Crippen molar-refractivity contribution in [2.24, 2.45) is 4.99 Å². The van der Waals surface area contributed by atoms with Gasteiger partial charge in [-0.15, -0.1) is 0 Å². The van der Waals surface area contributed by atoms with Crippen LogP contribution in [0.1, 0.15) is 27.7 Å². The van der Waals surface area contributed by atoms with E-state index in [1.54, 1.807) is 12.0 Å². The highest BCUT2D eigenvalue weighted by molar-refractivity contribution is 6.01. The zero-order valence-corrected chi connectivity index (χ0v) is 14.8. The maximum atomic E-state index is 13.4. The molecule has 134 valence electrons. The number of aromatic nitrogens is 2. The molecule has 4 rings (SSSR count). The molecule has 1 aliphatic rings.